The van der Waals surface area contributed by atoms with Crippen molar-refractivity contribution in [3.05, 3.63) is 42.0 Å². The molecule has 0 spiro atoms. The Labute approximate surface area is 155 Å². The number of nitrogens with one attached hydrogen (secondary N) is 2. The topological polar surface area (TPSA) is 62.8 Å². The number of nitrogens with zero attached hydrogens (tertiary/aromatic N) is 1. The van der Waals surface area contributed by atoms with Gasteiger partial charge in [0.2, 0.25) is 0 Å². The molecule has 0 radical (unpaired) electrons. The second kappa shape index (κ2) is 8.99. The van der Waals surface area contributed by atoms with E-state index in [0.29, 0.717) is 17.2 Å². The van der Waals surface area contributed by atoms with E-state index in [9.17, 15) is 4.79 Å². The molecule has 0 atom stereocenters. The first-order chi connectivity index (χ1) is 12.5. The van der Waals surface area contributed by atoms with E-state index in [1.165, 1.54) is 0 Å². The fourth-order valence-electron chi connectivity index (χ4n) is 2.76. The van der Waals surface area contributed by atoms with Crippen LogP contribution in [0.25, 0.3) is 0 Å². The number of rotatable bonds is 7. The van der Waals surface area contributed by atoms with E-state index in [1.807, 2.05) is 19.1 Å². The molecule has 6 nitrogen and oxygen atoms in total. The van der Waals surface area contributed by atoms with Gasteiger partial charge in [0.25, 0.3) is 0 Å². The largest absolute Gasteiger partial charge is 0.497 e. The summed E-state index contributed by atoms with van der Waals surface area (Å²) in [7, 11) is 3.13. The molecule has 2 aromatic rings. The fourth-order valence-corrected chi connectivity index (χ4v) is 2.76. The third-order valence-electron chi connectivity index (χ3n) is 4.24. The van der Waals surface area contributed by atoms with Gasteiger partial charge in [-0.15, -0.1) is 0 Å². The average molecular weight is 357 g/mol. The zero-order chi connectivity index (χ0) is 19.1. The predicted octanol–water partition coefficient (Wildman–Crippen LogP) is 4.50. The van der Waals surface area contributed by atoms with Gasteiger partial charge in [-0.3, -0.25) is 0 Å². The smallest absolute Gasteiger partial charge is 0.323 e. The Morgan fingerprint density at radius 3 is 2.23 bits per heavy atom. The fraction of sp³-hybridized carbons (Fsp3) is 0.350. The number of carbonyl (C=O) groups is 1. The molecule has 0 aliphatic rings. The lowest BCUT2D eigenvalue weighted by atomic mass is 10.1. The van der Waals surface area contributed by atoms with Gasteiger partial charge in [0.15, 0.2) is 0 Å². The summed E-state index contributed by atoms with van der Waals surface area (Å²) in [6.45, 7) is 8.12. The molecular formula is C20H27N3O3. The van der Waals surface area contributed by atoms with Crippen molar-refractivity contribution >= 4 is 23.1 Å². The van der Waals surface area contributed by atoms with E-state index in [2.05, 4.69) is 35.4 Å². The highest BCUT2D eigenvalue weighted by Gasteiger charge is 2.11. The molecule has 2 aromatic carbocycles. The van der Waals surface area contributed by atoms with E-state index in [-0.39, 0.29) is 6.03 Å². The van der Waals surface area contributed by atoms with Crippen molar-refractivity contribution in [2.45, 2.75) is 20.8 Å². The normalized spacial score (nSPS) is 10.2. The Hall–Kier alpha value is -2.89. The van der Waals surface area contributed by atoms with Crippen LogP contribution in [0.2, 0.25) is 0 Å². The molecule has 2 N–H and O–H groups in total. The number of anilines is 3. The summed E-state index contributed by atoms with van der Waals surface area (Å²) < 4.78 is 10.5. The molecule has 2 amide bonds. The second-order valence-electron chi connectivity index (χ2n) is 5.82. The van der Waals surface area contributed by atoms with Gasteiger partial charge >= 0.3 is 6.03 Å². The SMILES string of the molecule is CCN(CC)c1ccc(NC(=O)Nc2cc(OC)ccc2OC)c(C)c1. The monoisotopic (exact) mass is 357 g/mol. The van der Waals surface area contributed by atoms with Crippen molar-refractivity contribution in [3.63, 3.8) is 0 Å². The van der Waals surface area contributed by atoms with Crippen molar-refractivity contribution < 1.29 is 14.3 Å². The minimum absolute atomic E-state index is 0.338. The molecular weight excluding hydrogens is 330 g/mol. The standard InChI is InChI=1S/C20H27N3O3/c1-6-23(7-2)15-8-10-17(14(3)12-15)21-20(24)22-18-13-16(25-4)9-11-19(18)26-5/h8-13H,6-7H2,1-5H3,(H2,21,22,24). The number of hydrogen-bond acceptors (Lipinski definition) is 4. The second-order valence-corrected chi connectivity index (χ2v) is 5.82. The van der Waals surface area contributed by atoms with E-state index < -0.39 is 0 Å². The van der Waals surface area contributed by atoms with Gasteiger partial charge in [0.1, 0.15) is 11.5 Å². The number of ether oxygens (including phenoxy) is 2. The van der Waals surface area contributed by atoms with Gasteiger partial charge in [0.05, 0.1) is 19.9 Å². The summed E-state index contributed by atoms with van der Waals surface area (Å²) in [5, 5.41) is 5.69. The molecule has 6 heteroatoms. The van der Waals surface area contributed by atoms with Crippen LogP contribution >= 0.6 is 0 Å². The highest BCUT2D eigenvalue weighted by Crippen LogP contribution is 2.29. The molecule has 26 heavy (non-hydrogen) atoms. The predicted molar refractivity (Wildman–Crippen MR) is 107 cm³/mol. The van der Waals surface area contributed by atoms with Crippen LogP contribution < -0.4 is 25.0 Å². The zero-order valence-electron chi connectivity index (χ0n) is 16.1. The number of urea groups is 1. The van der Waals surface area contributed by atoms with E-state index in [1.54, 1.807) is 32.4 Å². The van der Waals surface area contributed by atoms with Crippen molar-refractivity contribution in [2.24, 2.45) is 0 Å². The number of hydrogen-bond donors (Lipinski definition) is 2. The van der Waals surface area contributed by atoms with Crippen LogP contribution in [0.5, 0.6) is 11.5 Å². The van der Waals surface area contributed by atoms with Crippen LogP contribution in [-0.2, 0) is 0 Å². The summed E-state index contributed by atoms with van der Waals surface area (Å²) in [6, 6.07) is 10.9. The number of methoxy groups -OCH3 is 2. The molecule has 140 valence electrons. The van der Waals surface area contributed by atoms with E-state index in [4.69, 9.17) is 9.47 Å². The molecule has 0 heterocycles. The lowest BCUT2D eigenvalue weighted by molar-refractivity contribution is 0.262. The number of benzene rings is 2. The van der Waals surface area contributed by atoms with Crippen molar-refractivity contribution in [1.29, 1.82) is 0 Å². The molecule has 2 rings (SSSR count). The van der Waals surface area contributed by atoms with Gasteiger partial charge in [-0.2, -0.15) is 0 Å². The summed E-state index contributed by atoms with van der Waals surface area (Å²) in [5.41, 5.74) is 3.46. The molecule has 0 saturated heterocycles. The Balaban J connectivity index is 2.13. The zero-order valence-corrected chi connectivity index (χ0v) is 16.1. The van der Waals surface area contributed by atoms with Gasteiger partial charge in [-0.1, -0.05) is 0 Å². The Morgan fingerprint density at radius 1 is 0.962 bits per heavy atom. The Kier molecular flexibility index (Phi) is 6.72. The first-order valence-corrected chi connectivity index (χ1v) is 8.68. The molecule has 0 aromatic heterocycles. The summed E-state index contributed by atoms with van der Waals surface area (Å²) >= 11 is 0. The Bertz CT molecular complexity index is 758. The van der Waals surface area contributed by atoms with Crippen LogP contribution in [0.1, 0.15) is 19.4 Å². The van der Waals surface area contributed by atoms with Gasteiger partial charge in [-0.25, -0.2) is 4.79 Å². The summed E-state index contributed by atoms with van der Waals surface area (Å²) in [5.74, 6) is 1.20. The number of amides is 2. The van der Waals surface area contributed by atoms with Crippen molar-refractivity contribution in [1.82, 2.24) is 0 Å². The average Bonchev–Trinajstić information content (AvgIpc) is 2.64. The minimum Gasteiger partial charge on any atom is -0.497 e. The first kappa shape index (κ1) is 19.4. The van der Waals surface area contributed by atoms with E-state index >= 15 is 0 Å². The van der Waals surface area contributed by atoms with Gasteiger partial charge in [0, 0.05) is 30.5 Å². The maximum atomic E-state index is 12.4. The van der Waals surface area contributed by atoms with E-state index in [0.717, 1.165) is 30.0 Å². The van der Waals surface area contributed by atoms with Crippen molar-refractivity contribution in [2.75, 3.05) is 42.8 Å². The quantitative estimate of drug-likeness (QED) is 0.766. The highest BCUT2D eigenvalue weighted by atomic mass is 16.5. The van der Waals surface area contributed by atoms with Crippen LogP contribution in [-0.4, -0.2) is 33.3 Å². The number of aryl methyl sites for hydroxylation is 1. The maximum Gasteiger partial charge on any atom is 0.323 e. The third-order valence-corrected chi connectivity index (χ3v) is 4.24. The maximum absolute atomic E-state index is 12.4. The lowest BCUT2D eigenvalue weighted by Crippen LogP contribution is -2.23. The first-order valence-electron chi connectivity index (χ1n) is 8.68. The van der Waals surface area contributed by atoms with Crippen LogP contribution in [0.15, 0.2) is 36.4 Å². The van der Waals surface area contributed by atoms with Crippen LogP contribution in [0.4, 0.5) is 21.9 Å². The van der Waals surface area contributed by atoms with Crippen LogP contribution in [0, 0.1) is 6.92 Å². The van der Waals surface area contributed by atoms with Crippen LogP contribution in [0.3, 0.4) is 0 Å². The lowest BCUT2D eigenvalue weighted by Gasteiger charge is -2.22. The van der Waals surface area contributed by atoms with Gasteiger partial charge < -0.3 is 25.0 Å². The molecule has 0 unspecified atom stereocenters. The highest BCUT2D eigenvalue weighted by molar-refractivity contribution is 6.01. The molecule has 0 saturated carbocycles. The summed E-state index contributed by atoms with van der Waals surface area (Å²) in [4.78, 5) is 14.7. The number of carbonyl (C=O) groups excluding carboxylic acids is 1. The summed E-state index contributed by atoms with van der Waals surface area (Å²) in [6.07, 6.45) is 0. The van der Waals surface area contributed by atoms with Crippen molar-refractivity contribution in [3.8, 4) is 11.5 Å². The molecule has 0 aliphatic heterocycles. The minimum atomic E-state index is -0.338. The molecule has 0 fully saturated rings. The molecule has 0 aliphatic carbocycles. The van der Waals surface area contributed by atoms with Gasteiger partial charge in [-0.05, 0) is 56.7 Å². The molecule has 0 bridgehead atoms. The third kappa shape index (κ3) is 4.59. The Morgan fingerprint density at radius 2 is 1.65 bits per heavy atom.